The molecule has 3 rings (SSSR count). The maximum absolute atomic E-state index is 13.0. The number of benzene rings is 2. The molecule has 6 nitrogen and oxygen atoms in total. The quantitative estimate of drug-likeness (QED) is 0.785. The Morgan fingerprint density at radius 2 is 1.83 bits per heavy atom. The summed E-state index contributed by atoms with van der Waals surface area (Å²) in [7, 11) is -1.93. The van der Waals surface area contributed by atoms with Crippen molar-refractivity contribution in [2.75, 3.05) is 20.2 Å². The number of aryl methyl sites for hydroxylation is 2. The van der Waals surface area contributed by atoms with Gasteiger partial charge in [-0.15, -0.1) is 0 Å². The second kappa shape index (κ2) is 8.97. The highest BCUT2D eigenvalue weighted by Crippen LogP contribution is 2.26. The number of piperidine rings is 1. The molecular weight excluding hydrogens is 388 g/mol. The van der Waals surface area contributed by atoms with E-state index in [0.717, 1.165) is 22.4 Å². The van der Waals surface area contributed by atoms with Gasteiger partial charge in [0.05, 0.1) is 12.0 Å². The van der Waals surface area contributed by atoms with E-state index < -0.39 is 10.0 Å². The Balaban J connectivity index is 1.59. The number of amides is 1. The van der Waals surface area contributed by atoms with Crippen molar-refractivity contribution in [1.29, 1.82) is 0 Å². The van der Waals surface area contributed by atoms with E-state index in [1.165, 1.54) is 4.31 Å². The van der Waals surface area contributed by atoms with E-state index in [1.807, 2.05) is 50.2 Å². The molecule has 156 valence electrons. The molecule has 1 fully saturated rings. The van der Waals surface area contributed by atoms with Crippen LogP contribution >= 0.6 is 0 Å². The fraction of sp³-hybridized carbons (Fsp3) is 0.409. The van der Waals surface area contributed by atoms with Crippen molar-refractivity contribution in [3.63, 3.8) is 0 Å². The fourth-order valence-electron chi connectivity index (χ4n) is 3.76. The summed E-state index contributed by atoms with van der Waals surface area (Å²) in [6.45, 7) is 4.85. The topological polar surface area (TPSA) is 75.7 Å². The molecule has 0 radical (unpaired) electrons. The molecular formula is C22H28N2O4S. The number of para-hydroxylation sites is 1. The van der Waals surface area contributed by atoms with E-state index >= 15 is 0 Å². The Kier molecular flexibility index (Phi) is 6.59. The molecule has 2 aromatic carbocycles. The van der Waals surface area contributed by atoms with Gasteiger partial charge < -0.3 is 10.1 Å². The van der Waals surface area contributed by atoms with Gasteiger partial charge >= 0.3 is 0 Å². The van der Waals surface area contributed by atoms with E-state index in [-0.39, 0.29) is 11.8 Å². The largest absolute Gasteiger partial charge is 0.496 e. The molecule has 0 atom stereocenters. The van der Waals surface area contributed by atoms with Crippen LogP contribution in [0.25, 0.3) is 0 Å². The smallest absolute Gasteiger partial charge is 0.243 e. The zero-order valence-electron chi connectivity index (χ0n) is 17.1. The van der Waals surface area contributed by atoms with E-state index in [4.69, 9.17) is 4.74 Å². The lowest BCUT2D eigenvalue weighted by molar-refractivity contribution is -0.126. The second-order valence-electron chi connectivity index (χ2n) is 7.48. The van der Waals surface area contributed by atoms with Gasteiger partial charge in [0.1, 0.15) is 5.75 Å². The molecule has 0 aliphatic carbocycles. The number of nitrogens with one attached hydrogen (secondary N) is 1. The number of sulfonamides is 1. The van der Waals surface area contributed by atoms with Crippen LogP contribution in [-0.4, -0.2) is 38.8 Å². The van der Waals surface area contributed by atoms with Crippen LogP contribution in [0.15, 0.2) is 47.4 Å². The number of ether oxygens (including phenoxy) is 1. The highest BCUT2D eigenvalue weighted by Gasteiger charge is 2.32. The summed E-state index contributed by atoms with van der Waals surface area (Å²) < 4.78 is 32.8. The minimum Gasteiger partial charge on any atom is -0.496 e. The van der Waals surface area contributed by atoms with Gasteiger partial charge in [-0.25, -0.2) is 8.42 Å². The van der Waals surface area contributed by atoms with Crippen molar-refractivity contribution in [3.05, 3.63) is 59.2 Å². The molecule has 1 saturated heterocycles. The van der Waals surface area contributed by atoms with Gasteiger partial charge in [-0.3, -0.25) is 4.79 Å². The highest BCUT2D eigenvalue weighted by molar-refractivity contribution is 7.89. The first kappa shape index (κ1) is 21.3. The summed E-state index contributed by atoms with van der Waals surface area (Å²) in [6.07, 6.45) is 1.03. The first-order valence-electron chi connectivity index (χ1n) is 9.80. The zero-order valence-corrected chi connectivity index (χ0v) is 18.0. The average molecular weight is 417 g/mol. The number of carbonyl (C=O) groups is 1. The number of rotatable bonds is 6. The maximum atomic E-state index is 13.0. The van der Waals surface area contributed by atoms with Crippen LogP contribution in [0.3, 0.4) is 0 Å². The van der Waals surface area contributed by atoms with Crippen LogP contribution in [0.2, 0.25) is 0 Å². The predicted octanol–water partition coefficient (Wildman–Crippen LogP) is 3.03. The van der Waals surface area contributed by atoms with Gasteiger partial charge in [0.15, 0.2) is 0 Å². The number of hydrogen-bond donors (Lipinski definition) is 1. The highest BCUT2D eigenvalue weighted by atomic mass is 32.2. The normalized spacial score (nSPS) is 15.8. The molecule has 1 N–H and O–H groups in total. The second-order valence-corrected chi connectivity index (χ2v) is 9.38. The first-order valence-corrected chi connectivity index (χ1v) is 11.2. The van der Waals surface area contributed by atoms with Crippen molar-refractivity contribution < 1.29 is 17.9 Å². The molecule has 1 aliphatic heterocycles. The molecule has 1 aliphatic rings. The van der Waals surface area contributed by atoms with Crippen LogP contribution in [0.4, 0.5) is 0 Å². The standard InChI is InChI=1S/C22H28N2O4S/c1-16-8-9-21(17(2)14-16)29(26,27)24-12-10-18(11-13-24)22(25)23-15-19-6-4-5-7-20(19)28-3/h4-9,14,18H,10-13,15H2,1-3H3,(H,23,25). The number of nitrogens with zero attached hydrogens (tertiary/aromatic N) is 1. The summed E-state index contributed by atoms with van der Waals surface area (Å²) in [4.78, 5) is 12.9. The van der Waals surface area contributed by atoms with Crippen LogP contribution < -0.4 is 10.1 Å². The van der Waals surface area contributed by atoms with Crippen LogP contribution in [0.5, 0.6) is 5.75 Å². The average Bonchev–Trinajstić information content (AvgIpc) is 2.72. The first-order chi connectivity index (χ1) is 13.8. The third kappa shape index (κ3) is 4.79. The maximum Gasteiger partial charge on any atom is 0.243 e. The Labute approximate surface area is 172 Å². The molecule has 29 heavy (non-hydrogen) atoms. The van der Waals surface area contributed by atoms with Crippen LogP contribution in [0, 0.1) is 19.8 Å². The van der Waals surface area contributed by atoms with Gasteiger partial charge in [-0.1, -0.05) is 35.9 Å². The van der Waals surface area contributed by atoms with E-state index in [1.54, 1.807) is 13.2 Å². The third-order valence-corrected chi connectivity index (χ3v) is 7.48. The van der Waals surface area contributed by atoms with Gasteiger partial charge in [-0.05, 0) is 44.4 Å². The Hall–Kier alpha value is -2.38. The molecule has 0 spiro atoms. The van der Waals surface area contributed by atoms with Crippen LogP contribution in [-0.2, 0) is 21.4 Å². The zero-order chi connectivity index (χ0) is 21.0. The summed E-state index contributed by atoms with van der Waals surface area (Å²) in [5, 5.41) is 2.96. The minimum atomic E-state index is -3.54. The van der Waals surface area contributed by atoms with Gasteiger partial charge in [0.25, 0.3) is 0 Å². The molecule has 0 aromatic heterocycles. The summed E-state index contributed by atoms with van der Waals surface area (Å²) in [5.74, 6) is 0.511. The lowest BCUT2D eigenvalue weighted by atomic mass is 9.97. The molecule has 2 aromatic rings. The fourth-order valence-corrected chi connectivity index (χ4v) is 5.44. The third-order valence-electron chi connectivity index (χ3n) is 5.42. The molecule has 0 saturated carbocycles. The van der Waals surface area contributed by atoms with Crippen molar-refractivity contribution in [2.45, 2.75) is 38.1 Å². The minimum absolute atomic E-state index is 0.0422. The summed E-state index contributed by atoms with van der Waals surface area (Å²) >= 11 is 0. The van der Waals surface area contributed by atoms with Gasteiger partial charge in [0, 0.05) is 31.1 Å². The Morgan fingerprint density at radius 3 is 2.48 bits per heavy atom. The monoisotopic (exact) mass is 416 g/mol. The van der Waals surface area contributed by atoms with Crippen molar-refractivity contribution >= 4 is 15.9 Å². The number of hydrogen-bond acceptors (Lipinski definition) is 4. The molecule has 1 heterocycles. The molecule has 1 amide bonds. The van der Waals surface area contributed by atoms with E-state index in [2.05, 4.69) is 5.32 Å². The number of carbonyl (C=O) groups excluding carboxylic acids is 1. The summed E-state index contributed by atoms with van der Waals surface area (Å²) in [5.41, 5.74) is 2.70. The lowest BCUT2D eigenvalue weighted by Crippen LogP contribution is -2.43. The van der Waals surface area contributed by atoms with Crippen molar-refractivity contribution in [1.82, 2.24) is 9.62 Å². The SMILES string of the molecule is COc1ccccc1CNC(=O)C1CCN(S(=O)(=O)c2ccc(C)cc2C)CC1. The van der Waals surface area contributed by atoms with E-state index in [0.29, 0.717) is 37.4 Å². The van der Waals surface area contributed by atoms with Gasteiger partial charge in [0.2, 0.25) is 15.9 Å². The lowest BCUT2D eigenvalue weighted by Gasteiger charge is -2.31. The van der Waals surface area contributed by atoms with E-state index in [9.17, 15) is 13.2 Å². The van der Waals surface area contributed by atoms with Crippen molar-refractivity contribution in [3.8, 4) is 5.75 Å². The van der Waals surface area contributed by atoms with Crippen molar-refractivity contribution in [2.24, 2.45) is 5.92 Å². The summed E-state index contributed by atoms with van der Waals surface area (Å²) in [6, 6.07) is 12.9. The molecule has 7 heteroatoms. The van der Waals surface area contributed by atoms with Crippen LogP contribution in [0.1, 0.15) is 29.5 Å². The Morgan fingerprint density at radius 1 is 1.14 bits per heavy atom. The number of methoxy groups -OCH3 is 1. The molecule has 0 bridgehead atoms. The predicted molar refractivity (Wildman–Crippen MR) is 112 cm³/mol. The Bertz CT molecular complexity index is 980. The van der Waals surface area contributed by atoms with Gasteiger partial charge in [-0.2, -0.15) is 4.31 Å². The molecule has 0 unspecified atom stereocenters.